The number of fused-ring (bicyclic) bond motifs is 4. The summed E-state index contributed by atoms with van der Waals surface area (Å²) in [5.41, 5.74) is 1.26. The Morgan fingerprint density at radius 3 is 3.00 bits per heavy atom. The van der Waals surface area contributed by atoms with Crippen LogP contribution in [0.25, 0.3) is 0 Å². The van der Waals surface area contributed by atoms with Gasteiger partial charge in [0.05, 0.1) is 7.11 Å². The van der Waals surface area contributed by atoms with Gasteiger partial charge in [0, 0.05) is 18.0 Å². The molecule has 0 saturated heterocycles. The van der Waals surface area contributed by atoms with E-state index in [1.54, 1.807) is 7.11 Å². The number of hydrogen-bond acceptors (Lipinski definition) is 3. The maximum Gasteiger partial charge on any atom is 0.165 e. The highest BCUT2D eigenvalue weighted by atomic mass is 16.5. The maximum absolute atomic E-state index is 6.32. The monoisotopic (exact) mass is 261 g/mol. The number of benzene rings is 1. The van der Waals surface area contributed by atoms with Crippen LogP contribution >= 0.6 is 0 Å². The van der Waals surface area contributed by atoms with Gasteiger partial charge in [-0.05, 0) is 38.3 Å². The molecule has 1 aliphatic heterocycles. The van der Waals surface area contributed by atoms with Crippen LogP contribution in [0, 0.1) is 0 Å². The number of para-hydroxylation sites is 1. The lowest BCUT2D eigenvalue weighted by Crippen LogP contribution is -2.50. The fourth-order valence-corrected chi connectivity index (χ4v) is 3.77. The van der Waals surface area contributed by atoms with Crippen LogP contribution in [-0.4, -0.2) is 25.3 Å². The van der Waals surface area contributed by atoms with Gasteiger partial charge in [-0.25, -0.2) is 0 Å². The van der Waals surface area contributed by atoms with Gasteiger partial charge >= 0.3 is 0 Å². The number of methoxy groups -OCH3 is 1. The van der Waals surface area contributed by atoms with Crippen molar-refractivity contribution in [1.82, 2.24) is 5.32 Å². The first-order valence-electron chi connectivity index (χ1n) is 7.24. The molecular weight excluding hydrogens is 238 g/mol. The summed E-state index contributed by atoms with van der Waals surface area (Å²) in [5, 5.41) is 3.59. The minimum atomic E-state index is -0.0581. The predicted octanol–water partition coefficient (Wildman–Crippen LogP) is 3.09. The van der Waals surface area contributed by atoms with Crippen LogP contribution in [0.4, 0.5) is 0 Å². The zero-order valence-electron chi connectivity index (χ0n) is 12.0. The highest BCUT2D eigenvalue weighted by Gasteiger charge is 2.44. The van der Waals surface area contributed by atoms with E-state index in [-0.39, 0.29) is 5.60 Å². The fraction of sp³-hybridized carbons (Fsp3) is 0.625. The topological polar surface area (TPSA) is 30.5 Å². The Kier molecular flexibility index (Phi) is 3.17. The van der Waals surface area contributed by atoms with Crippen molar-refractivity contribution in [1.29, 1.82) is 0 Å². The van der Waals surface area contributed by atoms with E-state index in [0.29, 0.717) is 12.0 Å². The van der Waals surface area contributed by atoms with Crippen molar-refractivity contribution in [2.75, 3.05) is 13.7 Å². The third kappa shape index (κ3) is 2.20. The minimum absolute atomic E-state index is 0.0581. The van der Waals surface area contributed by atoms with Gasteiger partial charge in [0.15, 0.2) is 11.5 Å². The van der Waals surface area contributed by atoms with E-state index >= 15 is 0 Å². The Bertz CT molecular complexity index is 474. The molecule has 3 rings (SSSR count). The first-order valence-corrected chi connectivity index (χ1v) is 7.24. The summed E-state index contributed by atoms with van der Waals surface area (Å²) in [6.45, 7) is 5.43. The summed E-state index contributed by atoms with van der Waals surface area (Å²) in [4.78, 5) is 0. The molecule has 3 heteroatoms. The largest absolute Gasteiger partial charge is 0.493 e. The first-order chi connectivity index (χ1) is 9.15. The van der Waals surface area contributed by atoms with Gasteiger partial charge in [0.1, 0.15) is 5.60 Å². The molecule has 0 aromatic heterocycles. The summed E-state index contributed by atoms with van der Waals surface area (Å²) in [5.74, 6) is 2.43. The standard InChI is InChI=1S/C16H23NO2/c1-4-17-12-8-11-9-16(2,10-12)19-15-13(11)6-5-7-14(15)18-3/h5-7,11-12,17H,4,8-10H2,1-3H3/t11?,12-,16?/m0/s1. The Morgan fingerprint density at radius 1 is 1.42 bits per heavy atom. The second-order valence-electron chi connectivity index (χ2n) is 6.03. The molecule has 2 aliphatic rings. The quantitative estimate of drug-likeness (QED) is 0.907. The van der Waals surface area contributed by atoms with Crippen molar-refractivity contribution >= 4 is 0 Å². The Morgan fingerprint density at radius 2 is 2.26 bits per heavy atom. The number of rotatable bonds is 3. The molecule has 1 N–H and O–H groups in total. The van der Waals surface area contributed by atoms with Gasteiger partial charge in [0.2, 0.25) is 0 Å². The highest BCUT2D eigenvalue weighted by molar-refractivity contribution is 5.50. The van der Waals surface area contributed by atoms with Gasteiger partial charge < -0.3 is 14.8 Å². The molecule has 0 spiro atoms. The Labute approximate surface area is 115 Å². The van der Waals surface area contributed by atoms with Gasteiger partial charge in [-0.1, -0.05) is 19.1 Å². The van der Waals surface area contributed by atoms with Gasteiger partial charge in [-0.2, -0.15) is 0 Å². The molecule has 1 aliphatic carbocycles. The van der Waals surface area contributed by atoms with Crippen molar-refractivity contribution in [3.8, 4) is 11.5 Å². The summed E-state index contributed by atoms with van der Waals surface area (Å²) in [7, 11) is 1.72. The maximum atomic E-state index is 6.32. The average molecular weight is 261 g/mol. The van der Waals surface area contributed by atoms with Crippen LogP contribution < -0.4 is 14.8 Å². The lowest BCUT2D eigenvalue weighted by atomic mass is 9.71. The van der Waals surface area contributed by atoms with Crippen molar-refractivity contribution in [3.05, 3.63) is 23.8 Å². The summed E-state index contributed by atoms with van der Waals surface area (Å²) < 4.78 is 11.8. The van der Waals surface area contributed by atoms with Gasteiger partial charge in [-0.3, -0.25) is 0 Å². The zero-order valence-corrected chi connectivity index (χ0v) is 12.0. The van der Waals surface area contributed by atoms with Crippen LogP contribution in [0.1, 0.15) is 44.6 Å². The van der Waals surface area contributed by atoms with Crippen molar-refractivity contribution in [3.63, 3.8) is 0 Å². The zero-order chi connectivity index (χ0) is 13.5. The van der Waals surface area contributed by atoms with Crippen LogP contribution in [0.2, 0.25) is 0 Å². The van der Waals surface area contributed by atoms with Gasteiger partial charge in [0.25, 0.3) is 0 Å². The van der Waals surface area contributed by atoms with Gasteiger partial charge in [-0.15, -0.1) is 0 Å². The Balaban J connectivity index is 1.97. The van der Waals surface area contributed by atoms with Crippen LogP contribution in [0.5, 0.6) is 11.5 Å². The third-order valence-electron chi connectivity index (χ3n) is 4.44. The molecule has 0 radical (unpaired) electrons. The normalized spacial score (nSPS) is 32.4. The van der Waals surface area contributed by atoms with Crippen LogP contribution in [0.15, 0.2) is 18.2 Å². The number of ether oxygens (including phenoxy) is 2. The van der Waals surface area contributed by atoms with Crippen molar-refractivity contribution in [2.45, 2.75) is 50.7 Å². The highest BCUT2D eigenvalue weighted by Crippen LogP contribution is 2.51. The molecule has 1 aromatic rings. The SMILES string of the molecule is CCN[C@H]1CC2CC(C)(C1)Oc1c(OC)cccc12. The second kappa shape index (κ2) is 4.71. The summed E-state index contributed by atoms with van der Waals surface area (Å²) in [6.07, 6.45) is 3.40. The number of hydrogen-bond donors (Lipinski definition) is 1. The minimum Gasteiger partial charge on any atom is -0.493 e. The van der Waals surface area contributed by atoms with Crippen LogP contribution in [-0.2, 0) is 0 Å². The van der Waals surface area contributed by atoms with E-state index in [2.05, 4.69) is 31.3 Å². The Hall–Kier alpha value is -1.22. The van der Waals surface area contributed by atoms with E-state index in [9.17, 15) is 0 Å². The molecule has 1 saturated carbocycles. The molecule has 104 valence electrons. The molecule has 2 bridgehead atoms. The second-order valence-corrected chi connectivity index (χ2v) is 6.03. The van der Waals surface area contributed by atoms with E-state index in [0.717, 1.165) is 30.9 Å². The number of nitrogens with one attached hydrogen (secondary N) is 1. The van der Waals surface area contributed by atoms with Crippen LogP contribution in [0.3, 0.4) is 0 Å². The lowest BCUT2D eigenvalue weighted by Gasteiger charge is -2.47. The molecular formula is C16H23NO2. The van der Waals surface area contributed by atoms with E-state index in [4.69, 9.17) is 9.47 Å². The molecule has 1 fully saturated rings. The van der Waals surface area contributed by atoms with E-state index in [1.807, 2.05) is 6.07 Å². The molecule has 19 heavy (non-hydrogen) atoms. The molecule has 3 nitrogen and oxygen atoms in total. The lowest BCUT2D eigenvalue weighted by molar-refractivity contribution is 0.00562. The average Bonchev–Trinajstić information content (AvgIpc) is 2.37. The molecule has 1 aromatic carbocycles. The fourth-order valence-electron chi connectivity index (χ4n) is 3.77. The molecule has 1 heterocycles. The van der Waals surface area contributed by atoms with Crippen molar-refractivity contribution in [2.24, 2.45) is 0 Å². The van der Waals surface area contributed by atoms with E-state index < -0.39 is 0 Å². The van der Waals surface area contributed by atoms with E-state index in [1.165, 1.54) is 12.0 Å². The van der Waals surface area contributed by atoms with Crippen molar-refractivity contribution < 1.29 is 9.47 Å². The predicted molar refractivity (Wildman–Crippen MR) is 76.1 cm³/mol. The first kappa shape index (κ1) is 12.8. The molecule has 2 unspecified atom stereocenters. The smallest absolute Gasteiger partial charge is 0.165 e. The summed E-state index contributed by atoms with van der Waals surface area (Å²) >= 11 is 0. The molecule has 0 amide bonds. The summed E-state index contributed by atoms with van der Waals surface area (Å²) in [6, 6.07) is 6.82. The third-order valence-corrected chi connectivity index (χ3v) is 4.44. The molecule has 3 atom stereocenters.